The molecule has 2 N–H and O–H groups in total. The summed E-state index contributed by atoms with van der Waals surface area (Å²) in [6.07, 6.45) is 3.57. The summed E-state index contributed by atoms with van der Waals surface area (Å²) in [4.78, 5) is 32.9. The van der Waals surface area contributed by atoms with Gasteiger partial charge in [0.2, 0.25) is 0 Å². The molecule has 0 aromatic heterocycles. The molecule has 1 aliphatic heterocycles. The molecule has 3 rings (SSSR count). The minimum atomic E-state index is -0.404. The molecule has 34 heavy (non-hydrogen) atoms. The van der Waals surface area contributed by atoms with E-state index >= 15 is 0 Å². The normalized spacial score (nSPS) is 12.4. The van der Waals surface area contributed by atoms with Crippen LogP contribution in [0.15, 0.2) is 35.3 Å². The number of carbonyl (C=O) groups is 2. The van der Waals surface area contributed by atoms with Gasteiger partial charge in [0.25, 0.3) is 11.8 Å². The standard InChI is InChI=1S/C26H33N3O5/c1-4-5-11-28(3)25(32)21-14-22(24(31)15-23(21)30)26(33)29-16-18-8-9-20(13-19(18)17-29)34-12-7-6-10-27-2/h8-9,13-15,30-31H,2,4-7,10-12,16-17H2,1,3H3. The number of rotatable bonds is 11. The van der Waals surface area contributed by atoms with Gasteiger partial charge in [0.15, 0.2) is 0 Å². The maximum atomic E-state index is 13.2. The van der Waals surface area contributed by atoms with Gasteiger partial charge in [-0.15, -0.1) is 0 Å². The zero-order valence-corrected chi connectivity index (χ0v) is 19.9. The van der Waals surface area contributed by atoms with E-state index in [1.807, 2.05) is 25.1 Å². The average Bonchev–Trinajstić information content (AvgIpc) is 3.25. The molecule has 0 bridgehead atoms. The Kier molecular flexibility index (Phi) is 8.51. The maximum Gasteiger partial charge on any atom is 0.258 e. The quantitative estimate of drug-likeness (QED) is 0.384. The lowest BCUT2D eigenvalue weighted by Crippen LogP contribution is -2.29. The maximum absolute atomic E-state index is 13.2. The topological polar surface area (TPSA) is 103 Å². The summed E-state index contributed by atoms with van der Waals surface area (Å²) in [6.45, 7) is 8.09. The summed E-state index contributed by atoms with van der Waals surface area (Å²) in [5.41, 5.74) is 1.97. The lowest BCUT2D eigenvalue weighted by atomic mass is 10.1. The molecule has 1 heterocycles. The lowest BCUT2D eigenvalue weighted by Gasteiger charge is -2.20. The van der Waals surface area contributed by atoms with Crippen molar-refractivity contribution in [3.05, 3.63) is 52.6 Å². The zero-order valence-electron chi connectivity index (χ0n) is 19.9. The Morgan fingerprint density at radius 2 is 1.79 bits per heavy atom. The average molecular weight is 468 g/mol. The van der Waals surface area contributed by atoms with Crippen molar-refractivity contribution in [2.45, 2.75) is 45.7 Å². The van der Waals surface area contributed by atoms with Gasteiger partial charge in [-0.05, 0) is 55.3 Å². The Hall–Kier alpha value is -3.55. The molecule has 0 unspecified atom stereocenters. The first-order valence-electron chi connectivity index (χ1n) is 11.6. The number of ether oxygens (including phenoxy) is 1. The van der Waals surface area contributed by atoms with Gasteiger partial charge in [0.05, 0.1) is 17.7 Å². The third kappa shape index (κ3) is 5.87. The molecule has 0 spiro atoms. The number of phenols is 2. The summed E-state index contributed by atoms with van der Waals surface area (Å²) in [7, 11) is 1.65. The molecule has 0 saturated heterocycles. The minimum absolute atomic E-state index is 0.00111. The van der Waals surface area contributed by atoms with E-state index in [9.17, 15) is 19.8 Å². The van der Waals surface area contributed by atoms with Gasteiger partial charge in [-0.1, -0.05) is 19.4 Å². The molecule has 8 nitrogen and oxygen atoms in total. The van der Waals surface area contributed by atoms with Crippen LogP contribution in [0, 0.1) is 0 Å². The summed E-state index contributed by atoms with van der Waals surface area (Å²) >= 11 is 0. The first kappa shape index (κ1) is 25.1. The van der Waals surface area contributed by atoms with Gasteiger partial charge >= 0.3 is 0 Å². The number of aromatic hydroxyl groups is 2. The van der Waals surface area contributed by atoms with Crippen LogP contribution in [0.1, 0.15) is 64.4 Å². The fourth-order valence-corrected chi connectivity index (χ4v) is 3.91. The van der Waals surface area contributed by atoms with E-state index in [2.05, 4.69) is 11.7 Å². The van der Waals surface area contributed by atoms with Crippen molar-refractivity contribution < 1.29 is 24.5 Å². The van der Waals surface area contributed by atoms with Crippen LogP contribution in [-0.2, 0) is 13.1 Å². The fraction of sp³-hybridized carbons (Fsp3) is 0.423. The number of benzene rings is 2. The van der Waals surface area contributed by atoms with Gasteiger partial charge in [-0.25, -0.2) is 0 Å². The molecule has 2 amide bonds. The molecule has 0 radical (unpaired) electrons. The minimum Gasteiger partial charge on any atom is -0.507 e. The Labute approximate surface area is 200 Å². The third-order valence-electron chi connectivity index (χ3n) is 5.94. The zero-order chi connectivity index (χ0) is 24.7. The second kappa shape index (κ2) is 11.5. The number of fused-ring (bicyclic) bond motifs is 1. The smallest absolute Gasteiger partial charge is 0.258 e. The first-order valence-corrected chi connectivity index (χ1v) is 11.6. The molecular weight excluding hydrogens is 434 g/mol. The van der Waals surface area contributed by atoms with Gasteiger partial charge < -0.3 is 29.7 Å². The summed E-state index contributed by atoms with van der Waals surface area (Å²) in [5.74, 6) is -0.758. The van der Waals surface area contributed by atoms with Gasteiger partial charge in [-0.3, -0.25) is 9.59 Å². The second-order valence-corrected chi connectivity index (χ2v) is 8.56. The predicted molar refractivity (Wildman–Crippen MR) is 131 cm³/mol. The van der Waals surface area contributed by atoms with Gasteiger partial charge in [-0.2, -0.15) is 0 Å². The summed E-state index contributed by atoms with van der Waals surface area (Å²) in [6, 6.07) is 8.11. The van der Waals surface area contributed by atoms with E-state index in [0.717, 1.165) is 55.2 Å². The molecule has 8 heteroatoms. The van der Waals surface area contributed by atoms with Crippen molar-refractivity contribution in [1.29, 1.82) is 0 Å². The Bertz CT molecular complexity index is 1050. The molecule has 182 valence electrons. The monoisotopic (exact) mass is 467 g/mol. The second-order valence-electron chi connectivity index (χ2n) is 8.56. The van der Waals surface area contributed by atoms with Gasteiger partial charge in [0.1, 0.15) is 17.2 Å². The highest BCUT2D eigenvalue weighted by Gasteiger charge is 2.28. The summed E-state index contributed by atoms with van der Waals surface area (Å²) < 4.78 is 5.81. The number of hydrogen-bond donors (Lipinski definition) is 2. The van der Waals surface area contributed by atoms with E-state index in [0.29, 0.717) is 26.2 Å². The van der Waals surface area contributed by atoms with E-state index in [-0.39, 0.29) is 22.6 Å². The van der Waals surface area contributed by atoms with Crippen LogP contribution in [0.2, 0.25) is 0 Å². The predicted octanol–water partition coefficient (Wildman–Crippen LogP) is 3.99. The van der Waals surface area contributed by atoms with Crippen LogP contribution in [0.4, 0.5) is 0 Å². The molecule has 0 fully saturated rings. The Balaban J connectivity index is 1.71. The molecular formula is C26H33N3O5. The number of phenolic OH excluding ortho intramolecular Hbond substituents is 2. The number of unbranched alkanes of at least 4 members (excludes halogenated alkanes) is 2. The van der Waals surface area contributed by atoms with Crippen molar-refractivity contribution in [1.82, 2.24) is 9.80 Å². The van der Waals surface area contributed by atoms with Crippen molar-refractivity contribution in [3.8, 4) is 17.2 Å². The number of nitrogens with zero attached hydrogens (tertiary/aromatic N) is 3. The van der Waals surface area contributed by atoms with Crippen LogP contribution in [0.5, 0.6) is 17.2 Å². The molecule has 0 atom stereocenters. The Morgan fingerprint density at radius 1 is 1.06 bits per heavy atom. The number of aliphatic imine (C=N–C) groups is 1. The van der Waals surface area contributed by atoms with Crippen molar-refractivity contribution >= 4 is 18.5 Å². The molecule has 0 aliphatic carbocycles. The van der Waals surface area contributed by atoms with E-state index < -0.39 is 11.8 Å². The van der Waals surface area contributed by atoms with Crippen molar-refractivity contribution in [2.24, 2.45) is 4.99 Å². The first-order chi connectivity index (χ1) is 16.3. The highest BCUT2D eigenvalue weighted by atomic mass is 16.5. The van der Waals surface area contributed by atoms with Crippen LogP contribution >= 0.6 is 0 Å². The highest BCUT2D eigenvalue weighted by molar-refractivity contribution is 6.03. The summed E-state index contributed by atoms with van der Waals surface area (Å²) in [5, 5.41) is 20.6. The van der Waals surface area contributed by atoms with Crippen LogP contribution in [0.3, 0.4) is 0 Å². The Morgan fingerprint density at radius 3 is 2.53 bits per heavy atom. The fourth-order valence-electron chi connectivity index (χ4n) is 3.91. The lowest BCUT2D eigenvalue weighted by molar-refractivity contribution is 0.0748. The van der Waals surface area contributed by atoms with Crippen LogP contribution < -0.4 is 4.74 Å². The van der Waals surface area contributed by atoms with E-state index in [1.54, 1.807) is 11.9 Å². The number of amides is 2. The van der Waals surface area contributed by atoms with E-state index in [1.165, 1.54) is 11.0 Å². The molecule has 2 aromatic rings. The van der Waals surface area contributed by atoms with Crippen LogP contribution in [-0.4, -0.2) is 65.3 Å². The van der Waals surface area contributed by atoms with Gasteiger partial charge in [0, 0.05) is 39.3 Å². The van der Waals surface area contributed by atoms with Crippen LogP contribution in [0.25, 0.3) is 0 Å². The largest absolute Gasteiger partial charge is 0.507 e. The third-order valence-corrected chi connectivity index (χ3v) is 5.94. The SMILES string of the molecule is C=NCCCCOc1ccc2c(c1)CN(C(=O)c1cc(C(=O)N(C)CCCC)c(O)cc1O)C2. The number of carbonyl (C=O) groups excluding carboxylic acids is 2. The molecule has 0 saturated carbocycles. The molecule has 1 aliphatic rings. The molecule has 2 aromatic carbocycles. The highest BCUT2D eigenvalue weighted by Crippen LogP contribution is 2.33. The van der Waals surface area contributed by atoms with E-state index in [4.69, 9.17) is 4.74 Å². The van der Waals surface area contributed by atoms with Crippen molar-refractivity contribution in [2.75, 3.05) is 26.7 Å². The van der Waals surface area contributed by atoms with Crippen molar-refractivity contribution in [3.63, 3.8) is 0 Å². The number of hydrogen-bond acceptors (Lipinski definition) is 6.